The van der Waals surface area contributed by atoms with Gasteiger partial charge in [-0.1, -0.05) is 42.5 Å². The summed E-state index contributed by atoms with van der Waals surface area (Å²) >= 11 is 0. The Balaban J connectivity index is 1.71. The van der Waals surface area contributed by atoms with Crippen LogP contribution in [-0.4, -0.2) is 30.5 Å². The van der Waals surface area contributed by atoms with Crippen LogP contribution in [0.5, 0.6) is 5.75 Å². The zero-order valence-corrected chi connectivity index (χ0v) is 14.7. The molecule has 0 aromatic heterocycles. The van der Waals surface area contributed by atoms with Crippen LogP contribution in [0.25, 0.3) is 21.9 Å². The van der Waals surface area contributed by atoms with Gasteiger partial charge in [0.05, 0.1) is 0 Å². The van der Waals surface area contributed by atoms with Gasteiger partial charge in [-0.05, 0) is 47.4 Å². The average Bonchev–Trinajstić information content (AvgIpc) is 3.20. The monoisotopic (exact) mass is 346 g/mol. The summed E-state index contributed by atoms with van der Waals surface area (Å²) in [6.45, 7) is 1.73. The highest BCUT2D eigenvalue weighted by Crippen LogP contribution is 2.37. The summed E-state index contributed by atoms with van der Waals surface area (Å²) < 4.78 is 5.98. The van der Waals surface area contributed by atoms with E-state index in [2.05, 4.69) is 12.1 Å². The standard InChI is InChI=1S/C22H22N2O2/c23-18-8-5-7-17(14-18)22-19-9-2-1-6-16(19)10-11-20(22)26-15-21(25)24-12-3-4-13-24/h1-2,5-11,14H,3-4,12-13,15,23H2. The fraction of sp³-hybridized carbons (Fsp3) is 0.227. The lowest BCUT2D eigenvalue weighted by molar-refractivity contribution is -0.132. The largest absolute Gasteiger partial charge is 0.483 e. The van der Waals surface area contributed by atoms with Gasteiger partial charge in [0.15, 0.2) is 6.61 Å². The van der Waals surface area contributed by atoms with E-state index in [-0.39, 0.29) is 12.5 Å². The number of carbonyl (C=O) groups is 1. The summed E-state index contributed by atoms with van der Waals surface area (Å²) in [4.78, 5) is 14.2. The lowest BCUT2D eigenvalue weighted by Gasteiger charge is -2.18. The van der Waals surface area contributed by atoms with Crippen molar-refractivity contribution in [3.05, 3.63) is 60.7 Å². The number of nitrogen functional groups attached to an aromatic ring is 1. The van der Waals surface area contributed by atoms with Crippen LogP contribution in [0.2, 0.25) is 0 Å². The van der Waals surface area contributed by atoms with Crippen molar-refractivity contribution >= 4 is 22.4 Å². The maximum Gasteiger partial charge on any atom is 0.260 e. The molecule has 4 rings (SSSR count). The molecule has 132 valence electrons. The van der Waals surface area contributed by atoms with Crippen molar-refractivity contribution in [1.29, 1.82) is 0 Å². The summed E-state index contributed by atoms with van der Waals surface area (Å²) in [5, 5.41) is 2.22. The van der Waals surface area contributed by atoms with Crippen molar-refractivity contribution in [1.82, 2.24) is 4.90 Å². The van der Waals surface area contributed by atoms with Crippen LogP contribution in [0.4, 0.5) is 5.69 Å². The van der Waals surface area contributed by atoms with Gasteiger partial charge in [0.2, 0.25) is 0 Å². The van der Waals surface area contributed by atoms with E-state index in [0.29, 0.717) is 11.4 Å². The molecule has 0 bridgehead atoms. The Morgan fingerprint density at radius 3 is 2.62 bits per heavy atom. The van der Waals surface area contributed by atoms with Gasteiger partial charge < -0.3 is 15.4 Å². The van der Waals surface area contributed by atoms with E-state index in [1.165, 1.54) is 0 Å². The van der Waals surface area contributed by atoms with Gasteiger partial charge in [0.1, 0.15) is 5.75 Å². The minimum absolute atomic E-state index is 0.0502. The molecule has 1 heterocycles. The predicted octanol–water partition coefficient (Wildman–Crippen LogP) is 4.09. The molecule has 3 aromatic rings. The number of ether oxygens (including phenoxy) is 1. The molecule has 4 heteroatoms. The van der Waals surface area contributed by atoms with Crippen LogP contribution in [0.1, 0.15) is 12.8 Å². The first-order valence-corrected chi connectivity index (χ1v) is 9.00. The van der Waals surface area contributed by atoms with Gasteiger partial charge in [-0.3, -0.25) is 4.79 Å². The Hall–Kier alpha value is -3.01. The third-order valence-corrected chi connectivity index (χ3v) is 4.88. The summed E-state index contributed by atoms with van der Waals surface area (Å²) in [7, 11) is 0. The highest BCUT2D eigenvalue weighted by molar-refractivity contribution is 6.00. The van der Waals surface area contributed by atoms with E-state index in [0.717, 1.165) is 47.8 Å². The maximum atomic E-state index is 12.4. The first-order valence-electron chi connectivity index (χ1n) is 9.00. The molecule has 1 amide bonds. The van der Waals surface area contributed by atoms with Gasteiger partial charge in [0, 0.05) is 24.3 Å². The third-order valence-electron chi connectivity index (χ3n) is 4.88. The molecular weight excluding hydrogens is 324 g/mol. The van der Waals surface area contributed by atoms with E-state index in [1.54, 1.807) is 0 Å². The smallest absolute Gasteiger partial charge is 0.260 e. The average molecular weight is 346 g/mol. The Labute approximate surface area is 153 Å². The number of hydrogen-bond acceptors (Lipinski definition) is 3. The molecule has 1 aliphatic rings. The molecule has 0 radical (unpaired) electrons. The van der Waals surface area contributed by atoms with Crippen LogP contribution in [-0.2, 0) is 4.79 Å². The normalized spacial score (nSPS) is 13.9. The zero-order chi connectivity index (χ0) is 17.9. The van der Waals surface area contributed by atoms with Crippen molar-refractivity contribution < 1.29 is 9.53 Å². The van der Waals surface area contributed by atoms with Gasteiger partial charge >= 0.3 is 0 Å². The molecule has 0 unspecified atom stereocenters. The SMILES string of the molecule is Nc1cccc(-c2c(OCC(=O)N3CCCC3)ccc3ccccc23)c1. The van der Waals surface area contributed by atoms with Crippen LogP contribution < -0.4 is 10.5 Å². The second kappa shape index (κ2) is 7.08. The lowest BCUT2D eigenvalue weighted by atomic mass is 9.97. The predicted molar refractivity (Wildman–Crippen MR) is 105 cm³/mol. The van der Waals surface area contributed by atoms with E-state index in [1.807, 2.05) is 53.4 Å². The van der Waals surface area contributed by atoms with Crippen molar-refractivity contribution in [2.45, 2.75) is 12.8 Å². The fourth-order valence-electron chi connectivity index (χ4n) is 3.56. The van der Waals surface area contributed by atoms with Crippen molar-refractivity contribution in [3.8, 4) is 16.9 Å². The highest BCUT2D eigenvalue weighted by atomic mass is 16.5. The number of carbonyl (C=O) groups excluding carboxylic acids is 1. The Morgan fingerprint density at radius 2 is 1.81 bits per heavy atom. The molecule has 3 aromatic carbocycles. The first-order chi connectivity index (χ1) is 12.7. The Morgan fingerprint density at radius 1 is 1.00 bits per heavy atom. The van der Waals surface area contributed by atoms with Crippen LogP contribution in [0.15, 0.2) is 60.7 Å². The number of nitrogens with two attached hydrogens (primary N) is 1. The minimum Gasteiger partial charge on any atom is -0.483 e. The van der Waals surface area contributed by atoms with Gasteiger partial charge in [-0.15, -0.1) is 0 Å². The number of benzene rings is 3. The van der Waals surface area contributed by atoms with E-state index in [9.17, 15) is 4.79 Å². The first kappa shape index (κ1) is 16.5. The summed E-state index contributed by atoms with van der Waals surface area (Å²) in [5.41, 5.74) is 8.66. The number of nitrogens with zero attached hydrogens (tertiary/aromatic N) is 1. The number of rotatable bonds is 4. The highest BCUT2D eigenvalue weighted by Gasteiger charge is 2.19. The topological polar surface area (TPSA) is 55.6 Å². The second-order valence-electron chi connectivity index (χ2n) is 6.66. The summed E-state index contributed by atoms with van der Waals surface area (Å²) in [6.07, 6.45) is 2.16. The number of likely N-dealkylation sites (tertiary alicyclic amines) is 1. The number of amides is 1. The van der Waals surface area contributed by atoms with Crippen LogP contribution in [0, 0.1) is 0 Å². The second-order valence-corrected chi connectivity index (χ2v) is 6.66. The number of fused-ring (bicyclic) bond motifs is 1. The lowest BCUT2D eigenvalue weighted by Crippen LogP contribution is -2.32. The van der Waals surface area contributed by atoms with Gasteiger partial charge in [-0.25, -0.2) is 0 Å². The van der Waals surface area contributed by atoms with Crippen molar-refractivity contribution in [2.24, 2.45) is 0 Å². The van der Waals surface area contributed by atoms with Gasteiger partial charge in [-0.2, -0.15) is 0 Å². The van der Waals surface area contributed by atoms with Crippen LogP contribution >= 0.6 is 0 Å². The summed E-state index contributed by atoms with van der Waals surface area (Å²) in [6, 6.07) is 19.9. The van der Waals surface area contributed by atoms with E-state index < -0.39 is 0 Å². The molecule has 0 saturated carbocycles. The molecule has 26 heavy (non-hydrogen) atoms. The van der Waals surface area contributed by atoms with Crippen molar-refractivity contribution in [2.75, 3.05) is 25.4 Å². The van der Waals surface area contributed by atoms with E-state index >= 15 is 0 Å². The molecule has 2 N–H and O–H groups in total. The molecule has 1 aliphatic heterocycles. The third kappa shape index (κ3) is 3.23. The maximum absolute atomic E-state index is 12.4. The van der Waals surface area contributed by atoms with Crippen molar-refractivity contribution in [3.63, 3.8) is 0 Å². The van der Waals surface area contributed by atoms with Crippen LogP contribution in [0.3, 0.4) is 0 Å². The molecule has 4 nitrogen and oxygen atoms in total. The number of hydrogen-bond donors (Lipinski definition) is 1. The Kier molecular flexibility index (Phi) is 4.48. The molecular formula is C22H22N2O2. The molecule has 0 atom stereocenters. The summed E-state index contributed by atoms with van der Waals surface area (Å²) in [5.74, 6) is 0.760. The fourth-order valence-corrected chi connectivity index (χ4v) is 3.56. The minimum atomic E-state index is 0.0502. The zero-order valence-electron chi connectivity index (χ0n) is 14.7. The molecule has 1 fully saturated rings. The quantitative estimate of drug-likeness (QED) is 0.724. The molecule has 0 aliphatic carbocycles. The Bertz CT molecular complexity index is 946. The van der Waals surface area contributed by atoms with E-state index in [4.69, 9.17) is 10.5 Å². The van der Waals surface area contributed by atoms with Gasteiger partial charge in [0.25, 0.3) is 5.91 Å². The number of anilines is 1. The molecule has 1 saturated heterocycles. The molecule has 0 spiro atoms.